The van der Waals surface area contributed by atoms with Crippen molar-refractivity contribution >= 4 is 11.9 Å². The number of aliphatic imine (C=N–C) groups is 1. The van der Waals surface area contributed by atoms with E-state index < -0.39 is 5.97 Å². The minimum Gasteiger partial charge on any atom is -0.484 e. The fourth-order valence-electron chi connectivity index (χ4n) is 0.519. The van der Waals surface area contributed by atoms with Crippen LogP contribution >= 0.6 is 0 Å². The third kappa shape index (κ3) is 3.88. The van der Waals surface area contributed by atoms with Crippen LogP contribution < -0.4 is 0 Å². The van der Waals surface area contributed by atoms with Crippen LogP contribution in [0.5, 0.6) is 0 Å². The van der Waals surface area contributed by atoms with Gasteiger partial charge in [-0.2, -0.15) is 0 Å². The molecule has 4 nitrogen and oxygen atoms in total. The first-order valence-electron chi connectivity index (χ1n) is 2.92. The molecule has 0 aromatic carbocycles. The first-order chi connectivity index (χ1) is 4.70. The van der Waals surface area contributed by atoms with E-state index in [4.69, 9.17) is 9.84 Å². The van der Waals surface area contributed by atoms with Gasteiger partial charge in [0.05, 0.1) is 13.5 Å². The second kappa shape index (κ2) is 4.78. The second-order valence-corrected chi connectivity index (χ2v) is 1.72. The fraction of sp³-hybridized carbons (Fsp3) is 0.667. The standard InChI is InChI=1S/C6H11NO3/c1-7-5(10-2)3-4-6(8)9/h3-4H2,1-2H3,(H,8,9). The highest BCUT2D eigenvalue weighted by atomic mass is 16.5. The van der Waals surface area contributed by atoms with Crippen molar-refractivity contribution in [3.05, 3.63) is 0 Å². The molecular weight excluding hydrogens is 134 g/mol. The summed E-state index contributed by atoms with van der Waals surface area (Å²) in [4.78, 5) is 13.7. The molecule has 0 aromatic heterocycles. The van der Waals surface area contributed by atoms with Gasteiger partial charge in [-0.25, -0.2) is 0 Å². The molecule has 0 aliphatic carbocycles. The van der Waals surface area contributed by atoms with Crippen LogP contribution in [0.4, 0.5) is 0 Å². The number of carbonyl (C=O) groups is 1. The van der Waals surface area contributed by atoms with Crippen LogP contribution in [-0.4, -0.2) is 31.1 Å². The Morgan fingerprint density at radius 2 is 2.20 bits per heavy atom. The van der Waals surface area contributed by atoms with E-state index in [-0.39, 0.29) is 6.42 Å². The number of rotatable bonds is 3. The fourth-order valence-corrected chi connectivity index (χ4v) is 0.519. The van der Waals surface area contributed by atoms with Gasteiger partial charge in [0, 0.05) is 13.5 Å². The molecule has 0 fully saturated rings. The SMILES string of the molecule is CN=C(CCC(=O)O)OC. The van der Waals surface area contributed by atoms with Crippen molar-refractivity contribution in [2.75, 3.05) is 14.2 Å². The molecule has 1 N–H and O–H groups in total. The van der Waals surface area contributed by atoms with Gasteiger partial charge >= 0.3 is 5.97 Å². The van der Waals surface area contributed by atoms with Crippen molar-refractivity contribution < 1.29 is 14.6 Å². The Balaban J connectivity index is 3.56. The van der Waals surface area contributed by atoms with E-state index in [0.717, 1.165) is 0 Å². The zero-order valence-corrected chi connectivity index (χ0v) is 6.13. The maximum Gasteiger partial charge on any atom is 0.303 e. The monoisotopic (exact) mass is 145 g/mol. The first-order valence-corrected chi connectivity index (χ1v) is 2.92. The predicted molar refractivity (Wildman–Crippen MR) is 37.2 cm³/mol. The van der Waals surface area contributed by atoms with Crippen LogP contribution in [0.25, 0.3) is 0 Å². The molecule has 0 bridgehead atoms. The molecule has 0 unspecified atom stereocenters. The van der Waals surface area contributed by atoms with Crippen LogP contribution in [0.1, 0.15) is 12.8 Å². The van der Waals surface area contributed by atoms with E-state index in [2.05, 4.69) is 4.99 Å². The maximum absolute atomic E-state index is 10.0. The Kier molecular flexibility index (Phi) is 4.28. The van der Waals surface area contributed by atoms with Gasteiger partial charge in [0.2, 0.25) is 0 Å². The summed E-state index contributed by atoms with van der Waals surface area (Å²) in [6, 6.07) is 0. The van der Waals surface area contributed by atoms with Crippen molar-refractivity contribution in [2.45, 2.75) is 12.8 Å². The normalized spacial score (nSPS) is 11.2. The quantitative estimate of drug-likeness (QED) is 0.465. The summed E-state index contributed by atoms with van der Waals surface area (Å²) in [5, 5.41) is 8.24. The van der Waals surface area contributed by atoms with Gasteiger partial charge in [-0.15, -0.1) is 0 Å². The molecule has 0 heterocycles. The van der Waals surface area contributed by atoms with Gasteiger partial charge in [0.25, 0.3) is 0 Å². The van der Waals surface area contributed by atoms with Gasteiger partial charge in [-0.1, -0.05) is 0 Å². The van der Waals surface area contributed by atoms with Gasteiger partial charge in [0.1, 0.15) is 0 Å². The number of methoxy groups -OCH3 is 1. The molecule has 0 rings (SSSR count). The topological polar surface area (TPSA) is 58.9 Å². The zero-order chi connectivity index (χ0) is 7.98. The van der Waals surface area contributed by atoms with Gasteiger partial charge < -0.3 is 9.84 Å². The third-order valence-corrected chi connectivity index (χ3v) is 1.04. The molecule has 0 saturated carbocycles. The van der Waals surface area contributed by atoms with Gasteiger partial charge in [-0.05, 0) is 0 Å². The maximum atomic E-state index is 10.0. The van der Waals surface area contributed by atoms with E-state index in [9.17, 15) is 4.79 Å². The van der Waals surface area contributed by atoms with E-state index in [1.165, 1.54) is 7.11 Å². The lowest BCUT2D eigenvalue weighted by Gasteiger charge is -1.99. The molecule has 58 valence electrons. The van der Waals surface area contributed by atoms with Crippen LogP contribution in [0.3, 0.4) is 0 Å². The van der Waals surface area contributed by atoms with Crippen molar-refractivity contribution in [2.24, 2.45) is 4.99 Å². The number of ether oxygens (including phenoxy) is 1. The summed E-state index contributed by atoms with van der Waals surface area (Å²) in [6.07, 6.45) is 0.433. The number of nitrogens with zero attached hydrogens (tertiary/aromatic N) is 1. The van der Waals surface area contributed by atoms with Gasteiger partial charge in [0.15, 0.2) is 5.90 Å². The molecule has 0 atom stereocenters. The Bertz CT molecular complexity index is 142. The molecule has 0 radical (unpaired) electrons. The van der Waals surface area contributed by atoms with Crippen LogP contribution in [0.2, 0.25) is 0 Å². The van der Waals surface area contributed by atoms with Crippen LogP contribution in [-0.2, 0) is 9.53 Å². The Labute approximate surface area is 59.5 Å². The molecule has 0 spiro atoms. The van der Waals surface area contributed by atoms with Crippen molar-refractivity contribution in [1.29, 1.82) is 0 Å². The second-order valence-electron chi connectivity index (χ2n) is 1.72. The van der Waals surface area contributed by atoms with E-state index >= 15 is 0 Å². The summed E-state index contributed by atoms with van der Waals surface area (Å²) < 4.78 is 4.74. The van der Waals surface area contributed by atoms with E-state index in [0.29, 0.717) is 12.3 Å². The highest BCUT2D eigenvalue weighted by Crippen LogP contribution is 1.92. The highest BCUT2D eigenvalue weighted by molar-refractivity contribution is 5.80. The number of hydrogen-bond acceptors (Lipinski definition) is 3. The lowest BCUT2D eigenvalue weighted by Crippen LogP contribution is -2.04. The van der Waals surface area contributed by atoms with Gasteiger partial charge in [-0.3, -0.25) is 9.79 Å². The summed E-state index contributed by atoms with van der Waals surface area (Å²) >= 11 is 0. The molecule has 0 amide bonds. The van der Waals surface area contributed by atoms with Crippen molar-refractivity contribution in [1.82, 2.24) is 0 Å². The van der Waals surface area contributed by atoms with Crippen molar-refractivity contribution in [3.63, 3.8) is 0 Å². The molecular formula is C6H11NO3. The lowest BCUT2D eigenvalue weighted by atomic mass is 10.3. The number of aliphatic carboxylic acids is 1. The van der Waals surface area contributed by atoms with Crippen LogP contribution in [0.15, 0.2) is 4.99 Å². The van der Waals surface area contributed by atoms with Crippen LogP contribution in [0, 0.1) is 0 Å². The molecule has 0 aromatic rings. The van der Waals surface area contributed by atoms with E-state index in [1.807, 2.05) is 0 Å². The summed E-state index contributed by atoms with van der Waals surface area (Å²) in [7, 11) is 3.05. The molecule has 4 heteroatoms. The first kappa shape index (κ1) is 8.94. The van der Waals surface area contributed by atoms with E-state index in [1.54, 1.807) is 7.05 Å². The average molecular weight is 145 g/mol. The molecule has 0 saturated heterocycles. The minimum absolute atomic E-state index is 0.0700. The summed E-state index contributed by atoms with van der Waals surface area (Å²) in [5.41, 5.74) is 0. The Morgan fingerprint density at radius 3 is 2.50 bits per heavy atom. The number of carboxylic acid groups (broad SMARTS) is 1. The molecule has 10 heavy (non-hydrogen) atoms. The lowest BCUT2D eigenvalue weighted by molar-refractivity contribution is -0.136. The molecule has 0 aliphatic heterocycles. The molecule has 0 aliphatic rings. The largest absolute Gasteiger partial charge is 0.484 e. The third-order valence-electron chi connectivity index (χ3n) is 1.04. The highest BCUT2D eigenvalue weighted by Gasteiger charge is 2.00. The minimum atomic E-state index is -0.835. The average Bonchev–Trinajstić information content (AvgIpc) is 1.90. The number of hydrogen-bond donors (Lipinski definition) is 1. The predicted octanol–water partition coefficient (Wildman–Crippen LogP) is 0.526. The van der Waals surface area contributed by atoms with Crippen molar-refractivity contribution in [3.8, 4) is 0 Å². The smallest absolute Gasteiger partial charge is 0.303 e. The zero-order valence-electron chi connectivity index (χ0n) is 6.13. The Hall–Kier alpha value is -1.06. The number of carboxylic acids is 1. The summed E-state index contributed by atoms with van der Waals surface area (Å²) in [6.45, 7) is 0. The Morgan fingerprint density at radius 1 is 1.60 bits per heavy atom. The summed E-state index contributed by atoms with van der Waals surface area (Å²) in [5.74, 6) is -0.361.